The van der Waals surface area contributed by atoms with E-state index in [0.717, 1.165) is 37.3 Å². The van der Waals surface area contributed by atoms with Gasteiger partial charge in [-0.2, -0.15) is 0 Å². The summed E-state index contributed by atoms with van der Waals surface area (Å²) in [5, 5.41) is 3.79. The molecule has 1 N–H and O–H groups in total. The molecule has 1 aromatic heterocycles. The van der Waals surface area contributed by atoms with E-state index in [2.05, 4.69) is 21.8 Å². The maximum atomic E-state index is 6.22. The van der Waals surface area contributed by atoms with E-state index in [9.17, 15) is 0 Å². The maximum absolute atomic E-state index is 6.22. The highest BCUT2D eigenvalue weighted by atomic mass is 35.5. The number of nitrogens with one attached hydrogen (secondary N) is 1. The molecule has 0 radical (unpaired) electrons. The Morgan fingerprint density at radius 3 is 2.94 bits per heavy atom. The summed E-state index contributed by atoms with van der Waals surface area (Å²) in [6.45, 7) is 5.43. The molecule has 1 heterocycles. The Morgan fingerprint density at radius 2 is 2.35 bits per heavy atom. The lowest BCUT2D eigenvalue weighted by Crippen LogP contribution is -2.20. The molecule has 1 rings (SSSR count). The molecule has 0 spiro atoms. The van der Waals surface area contributed by atoms with Crippen LogP contribution in [-0.2, 0) is 6.54 Å². The maximum Gasteiger partial charge on any atom is 0.147 e. The van der Waals surface area contributed by atoms with Gasteiger partial charge in [0.2, 0.25) is 0 Å². The lowest BCUT2D eigenvalue weighted by molar-refractivity contribution is 0.785. The first-order valence-electron chi connectivity index (χ1n) is 5.80. The molecule has 0 aliphatic heterocycles. The molecule has 0 atom stereocenters. The Morgan fingerprint density at radius 1 is 1.59 bits per heavy atom. The number of unbranched alkanes of at least 4 members (excludes halogenated alkanes) is 1. The normalized spacial score (nSPS) is 10.3. The van der Waals surface area contributed by atoms with E-state index < -0.39 is 0 Å². The molecule has 0 aliphatic rings. The van der Waals surface area contributed by atoms with Crippen LogP contribution in [0.2, 0.25) is 5.02 Å². The first-order chi connectivity index (χ1) is 8.19. The second-order valence-electron chi connectivity index (χ2n) is 4.03. The van der Waals surface area contributed by atoms with Crippen LogP contribution < -0.4 is 10.2 Å². The van der Waals surface area contributed by atoms with E-state index in [0.29, 0.717) is 5.02 Å². The van der Waals surface area contributed by atoms with Crippen LogP contribution in [-0.4, -0.2) is 25.6 Å². The van der Waals surface area contributed by atoms with Gasteiger partial charge >= 0.3 is 0 Å². The van der Waals surface area contributed by atoms with Crippen molar-refractivity contribution < 1.29 is 0 Å². The van der Waals surface area contributed by atoms with Crippen molar-refractivity contribution in [2.45, 2.75) is 19.4 Å². The van der Waals surface area contributed by atoms with Gasteiger partial charge in [-0.3, -0.25) is 0 Å². The summed E-state index contributed by atoms with van der Waals surface area (Å²) in [5.74, 6) is 0.843. The van der Waals surface area contributed by atoms with Crippen molar-refractivity contribution >= 4 is 17.4 Å². The van der Waals surface area contributed by atoms with Crippen molar-refractivity contribution in [2.24, 2.45) is 0 Å². The first kappa shape index (κ1) is 14.0. The van der Waals surface area contributed by atoms with Gasteiger partial charge in [-0.05, 0) is 31.5 Å². The smallest absolute Gasteiger partial charge is 0.147 e. The number of hydrogen-bond acceptors (Lipinski definition) is 3. The third kappa shape index (κ3) is 4.36. The summed E-state index contributed by atoms with van der Waals surface area (Å²) in [6, 6.07) is 1.96. The average molecular weight is 254 g/mol. The molecule has 94 valence electrons. The van der Waals surface area contributed by atoms with Gasteiger partial charge in [0.25, 0.3) is 0 Å². The van der Waals surface area contributed by atoms with Crippen LogP contribution in [0.4, 0.5) is 5.82 Å². The van der Waals surface area contributed by atoms with Gasteiger partial charge in [0.05, 0.1) is 5.02 Å². The average Bonchev–Trinajstić information content (AvgIpc) is 2.29. The predicted molar refractivity (Wildman–Crippen MR) is 74.7 cm³/mol. The van der Waals surface area contributed by atoms with E-state index in [1.165, 1.54) is 0 Å². The number of allylic oxidation sites excluding steroid dienone is 1. The SMILES string of the molecule is C=CCCCN(C)c1ncc(CNC)cc1Cl. The molecule has 0 amide bonds. The fourth-order valence-corrected chi connectivity index (χ4v) is 1.96. The predicted octanol–water partition coefficient (Wildman–Crippen LogP) is 2.86. The molecule has 0 saturated heterocycles. The topological polar surface area (TPSA) is 28.2 Å². The third-order valence-electron chi connectivity index (χ3n) is 2.52. The summed E-state index contributed by atoms with van der Waals surface area (Å²) < 4.78 is 0. The second-order valence-corrected chi connectivity index (χ2v) is 4.44. The summed E-state index contributed by atoms with van der Waals surface area (Å²) in [4.78, 5) is 6.48. The lowest BCUT2D eigenvalue weighted by atomic mass is 10.2. The van der Waals surface area contributed by atoms with Crippen molar-refractivity contribution in [3.63, 3.8) is 0 Å². The largest absolute Gasteiger partial charge is 0.358 e. The van der Waals surface area contributed by atoms with Crippen LogP contribution in [0.3, 0.4) is 0 Å². The zero-order chi connectivity index (χ0) is 12.7. The van der Waals surface area contributed by atoms with Gasteiger partial charge in [-0.1, -0.05) is 17.7 Å². The fraction of sp³-hybridized carbons (Fsp3) is 0.462. The molecule has 0 unspecified atom stereocenters. The van der Waals surface area contributed by atoms with Crippen molar-refractivity contribution in [2.75, 3.05) is 25.5 Å². The van der Waals surface area contributed by atoms with Crippen LogP contribution in [0, 0.1) is 0 Å². The summed E-state index contributed by atoms with van der Waals surface area (Å²) >= 11 is 6.22. The van der Waals surface area contributed by atoms with Gasteiger partial charge in [0, 0.05) is 26.3 Å². The molecule has 17 heavy (non-hydrogen) atoms. The molecule has 0 fully saturated rings. The minimum Gasteiger partial charge on any atom is -0.358 e. The van der Waals surface area contributed by atoms with Crippen LogP contribution in [0.1, 0.15) is 18.4 Å². The van der Waals surface area contributed by atoms with Gasteiger partial charge in [0.1, 0.15) is 5.82 Å². The molecule has 0 aliphatic carbocycles. The van der Waals surface area contributed by atoms with Crippen LogP contribution in [0.5, 0.6) is 0 Å². The Bertz CT molecular complexity index is 366. The summed E-state index contributed by atoms with van der Waals surface area (Å²) in [6.07, 6.45) is 5.87. The molecule has 0 aromatic carbocycles. The number of nitrogens with zero attached hydrogens (tertiary/aromatic N) is 2. The van der Waals surface area contributed by atoms with Crippen LogP contribution in [0.15, 0.2) is 24.9 Å². The quantitative estimate of drug-likeness (QED) is 0.598. The molecule has 0 saturated carbocycles. The molecule has 0 bridgehead atoms. The number of hydrogen-bond donors (Lipinski definition) is 1. The van der Waals surface area contributed by atoms with Crippen LogP contribution >= 0.6 is 11.6 Å². The molecule has 4 heteroatoms. The number of pyridine rings is 1. The summed E-state index contributed by atoms with van der Waals surface area (Å²) in [7, 11) is 3.91. The molecule has 3 nitrogen and oxygen atoms in total. The summed E-state index contributed by atoms with van der Waals surface area (Å²) in [5.41, 5.74) is 1.10. The highest BCUT2D eigenvalue weighted by Gasteiger charge is 2.07. The molecular weight excluding hydrogens is 234 g/mol. The third-order valence-corrected chi connectivity index (χ3v) is 2.80. The van der Waals surface area contributed by atoms with E-state index in [1.807, 2.05) is 32.4 Å². The Labute approximate surface area is 108 Å². The Kier molecular flexibility index (Phi) is 6.01. The number of aromatic nitrogens is 1. The highest BCUT2D eigenvalue weighted by molar-refractivity contribution is 6.33. The van der Waals surface area contributed by atoms with Crippen molar-refractivity contribution in [1.29, 1.82) is 0 Å². The Balaban J connectivity index is 2.66. The van der Waals surface area contributed by atoms with Gasteiger partial charge in [-0.15, -0.1) is 6.58 Å². The zero-order valence-electron chi connectivity index (χ0n) is 10.5. The van der Waals surface area contributed by atoms with Crippen molar-refractivity contribution in [3.8, 4) is 0 Å². The van der Waals surface area contributed by atoms with Crippen molar-refractivity contribution in [3.05, 3.63) is 35.5 Å². The zero-order valence-corrected chi connectivity index (χ0v) is 11.3. The van der Waals surface area contributed by atoms with E-state index >= 15 is 0 Å². The van der Waals surface area contributed by atoms with E-state index in [-0.39, 0.29) is 0 Å². The second kappa shape index (κ2) is 7.30. The highest BCUT2D eigenvalue weighted by Crippen LogP contribution is 2.23. The number of anilines is 1. The minimum atomic E-state index is 0.707. The van der Waals surface area contributed by atoms with E-state index in [4.69, 9.17) is 11.6 Å². The van der Waals surface area contributed by atoms with Crippen LogP contribution in [0.25, 0.3) is 0 Å². The minimum absolute atomic E-state index is 0.707. The van der Waals surface area contributed by atoms with Gasteiger partial charge in [-0.25, -0.2) is 4.98 Å². The van der Waals surface area contributed by atoms with Gasteiger partial charge in [0.15, 0.2) is 0 Å². The first-order valence-corrected chi connectivity index (χ1v) is 6.18. The standard InChI is InChI=1S/C13H20ClN3/c1-4-5-6-7-17(3)13-12(14)8-11(9-15-2)10-16-13/h4,8,10,15H,1,5-7,9H2,2-3H3. The number of halogens is 1. The Hall–Kier alpha value is -1.06. The molecule has 1 aromatic rings. The lowest BCUT2D eigenvalue weighted by Gasteiger charge is -2.19. The number of rotatable bonds is 7. The molecular formula is C13H20ClN3. The monoisotopic (exact) mass is 253 g/mol. The van der Waals surface area contributed by atoms with Gasteiger partial charge < -0.3 is 10.2 Å². The fourth-order valence-electron chi connectivity index (χ4n) is 1.63. The van der Waals surface area contributed by atoms with Crippen molar-refractivity contribution in [1.82, 2.24) is 10.3 Å². The van der Waals surface area contributed by atoms with E-state index in [1.54, 1.807) is 0 Å².